The summed E-state index contributed by atoms with van der Waals surface area (Å²) >= 11 is 13.2. The highest BCUT2D eigenvalue weighted by Gasteiger charge is 2.37. The molecule has 0 aliphatic carbocycles. The number of benzene rings is 1. The van der Waals surface area contributed by atoms with Gasteiger partial charge >= 0.3 is 0 Å². The van der Waals surface area contributed by atoms with Crippen LogP contribution in [0, 0.1) is 10.1 Å². The summed E-state index contributed by atoms with van der Waals surface area (Å²) in [4.78, 5) is 33.3. The van der Waals surface area contributed by atoms with E-state index in [0.29, 0.717) is 0 Å². The summed E-state index contributed by atoms with van der Waals surface area (Å²) in [6.45, 7) is 2.56. The number of hydrogen-bond acceptors (Lipinski definition) is 6. The first kappa shape index (κ1) is 17.5. The van der Waals surface area contributed by atoms with E-state index in [4.69, 9.17) is 23.2 Å². The fourth-order valence-electron chi connectivity index (χ4n) is 1.88. The third-order valence-corrected chi connectivity index (χ3v) is 4.59. The van der Waals surface area contributed by atoms with Gasteiger partial charge in [-0.25, -0.2) is 5.01 Å². The van der Waals surface area contributed by atoms with E-state index in [1.54, 1.807) is 0 Å². The lowest BCUT2D eigenvalue weighted by Gasteiger charge is -2.21. The van der Waals surface area contributed by atoms with E-state index in [2.05, 4.69) is 10.4 Å². The number of carbonyl (C=O) groups excluding carboxylic acids is 2. The number of amidine groups is 1. The van der Waals surface area contributed by atoms with E-state index in [1.165, 1.54) is 26.0 Å². The SMILES string of the molecule is CC(=O)NC1=NN(C(C)=O)C(c2c(Cl)ccc([N+](=O)[O-])c2Cl)S1. The first-order valence-electron chi connectivity index (χ1n) is 6.17. The molecule has 122 valence electrons. The van der Waals surface area contributed by atoms with Gasteiger partial charge in [0.15, 0.2) is 5.17 Å². The van der Waals surface area contributed by atoms with Crippen molar-refractivity contribution >= 4 is 57.6 Å². The Kier molecular flexibility index (Phi) is 5.12. The Balaban J connectivity index is 2.49. The van der Waals surface area contributed by atoms with Crippen LogP contribution < -0.4 is 5.32 Å². The molecule has 0 fully saturated rings. The van der Waals surface area contributed by atoms with E-state index >= 15 is 0 Å². The van der Waals surface area contributed by atoms with Crippen molar-refractivity contribution in [1.29, 1.82) is 0 Å². The Morgan fingerprint density at radius 3 is 2.57 bits per heavy atom. The van der Waals surface area contributed by atoms with Crippen LogP contribution in [-0.4, -0.2) is 26.9 Å². The number of amides is 2. The molecule has 0 bridgehead atoms. The van der Waals surface area contributed by atoms with Gasteiger partial charge in [-0.15, -0.1) is 5.10 Å². The van der Waals surface area contributed by atoms with Crippen molar-refractivity contribution in [2.24, 2.45) is 5.10 Å². The number of rotatable bonds is 2. The molecule has 1 aromatic rings. The number of halogens is 2. The Bertz CT molecular complexity index is 740. The van der Waals surface area contributed by atoms with Crippen molar-refractivity contribution in [3.63, 3.8) is 0 Å². The number of nitro benzene ring substituents is 1. The van der Waals surface area contributed by atoms with Crippen molar-refractivity contribution in [2.75, 3.05) is 0 Å². The van der Waals surface area contributed by atoms with Crippen LogP contribution in [0.3, 0.4) is 0 Å². The Morgan fingerprint density at radius 1 is 1.39 bits per heavy atom. The maximum atomic E-state index is 11.8. The van der Waals surface area contributed by atoms with Crippen molar-refractivity contribution in [1.82, 2.24) is 10.3 Å². The second-order valence-corrected chi connectivity index (χ2v) is 6.33. The normalized spacial score (nSPS) is 17.0. The fraction of sp³-hybridized carbons (Fsp3) is 0.250. The highest BCUT2D eigenvalue weighted by Crippen LogP contribution is 2.47. The monoisotopic (exact) mass is 376 g/mol. The van der Waals surface area contributed by atoms with Gasteiger partial charge in [0.25, 0.3) is 5.69 Å². The number of carbonyl (C=O) groups is 2. The van der Waals surface area contributed by atoms with Crippen LogP contribution >= 0.6 is 35.0 Å². The summed E-state index contributed by atoms with van der Waals surface area (Å²) in [7, 11) is 0. The maximum absolute atomic E-state index is 11.8. The number of nitrogens with zero attached hydrogens (tertiary/aromatic N) is 3. The van der Waals surface area contributed by atoms with Gasteiger partial charge in [-0.1, -0.05) is 35.0 Å². The second kappa shape index (κ2) is 6.73. The zero-order valence-electron chi connectivity index (χ0n) is 11.9. The van der Waals surface area contributed by atoms with Crippen LogP contribution in [0.1, 0.15) is 24.8 Å². The molecule has 1 N–H and O–H groups in total. The van der Waals surface area contributed by atoms with Crippen LogP contribution in [0.25, 0.3) is 0 Å². The predicted molar refractivity (Wildman–Crippen MR) is 87.2 cm³/mol. The zero-order chi connectivity index (χ0) is 17.3. The molecule has 0 saturated heterocycles. The molecule has 8 nitrogen and oxygen atoms in total. The molecular formula is C12H10Cl2N4O4S. The van der Waals surface area contributed by atoms with Crippen molar-refractivity contribution in [2.45, 2.75) is 19.2 Å². The average molecular weight is 377 g/mol. The third-order valence-electron chi connectivity index (χ3n) is 2.80. The fourth-order valence-corrected chi connectivity index (χ4v) is 3.86. The van der Waals surface area contributed by atoms with Gasteiger partial charge in [0.1, 0.15) is 10.4 Å². The Labute approximate surface area is 144 Å². The summed E-state index contributed by atoms with van der Waals surface area (Å²) in [6, 6.07) is 2.51. The molecule has 0 saturated carbocycles. The molecule has 1 aromatic carbocycles. The molecule has 2 amide bonds. The molecular weight excluding hydrogens is 367 g/mol. The lowest BCUT2D eigenvalue weighted by Crippen LogP contribution is -2.25. The van der Waals surface area contributed by atoms with E-state index in [1.807, 2.05) is 0 Å². The molecule has 11 heteroatoms. The molecule has 1 aliphatic rings. The van der Waals surface area contributed by atoms with Crippen LogP contribution in [0.2, 0.25) is 10.0 Å². The minimum atomic E-state index is -0.811. The minimum Gasteiger partial charge on any atom is -0.304 e. The first-order chi connectivity index (χ1) is 10.7. The quantitative estimate of drug-likeness (QED) is 0.630. The van der Waals surface area contributed by atoms with Gasteiger partial charge in [0, 0.05) is 30.5 Å². The Morgan fingerprint density at radius 2 is 2.04 bits per heavy atom. The van der Waals surface area contributed by atoms with Crippen molar-refractivity contribution < 1.29 is 14.5 Å². The molecule has 2 rings (SSSR count). The molecule has 1 atom stereocenters. The van der Waals surface area contributed by atoms with E-state index in [9.17, 15) is 19.7 Å². The first-order valence-corrected chi connectivity index (χ1v) is 7.81. The number of nitrogens with one attached hydrogen (secondary N) is 1. The van der Waals surface area contributed by atoms with Gasteiger partial charge in [-0.3, -0.25) is 19.7 Å². The van der Waals surface area contributed by atoms with Crippen molar-refractivity contribution in [3.8, 4) is 0 Å². The van der Waals surface area contributed by atoms with Crippen LogP contribution in [0.5, 0.6) is 0 Å². The maximum Gasteiger partial charge on any atom is 0.288 e. The lowest BCUT2D eigenvalue weighted by atomic mass is 10.2. The Hall–Kier alpha value is -1.84. The summed E-state index contributed by atoms with van der Waals surface area (Å²) in [5, 5.41) is 17.9. The van der Waals surface area contributed by atoms with Gasteiger partial charge in [0.2, 0.25) is 11.8 Å². The van der Waals surface area contributed by atoms with E-state index in [-0.39, 0.29) is 32.4 Å². The summed E-state index contributed by atoms with van der Waals surface area (Å²) in [5.74, 6) is -0.793. The number of hydrogen-bond donors (Lipinski definition) is 1. The summed E-state index contributed by atoms with van der Waals surface area (Å²) < 4.78 is 0. The number of nitro groups is 1. The largest absolute Gasteiger partial charge is 0.304 e. The van der Waals surface area contributed by atoms with Crippen LogP contribution in [0.15, 0.2) is 17.2 Å². The molecule has 0 radical (unpaired) electrons. The van der Waals surface area contributed by atoms with E-state index in [0.717, 1.165) is 16.8 Å². The predicted octanol–water partition coefficient (Wildman–Crippen LogP) is 2.90. The second-order valence-electron chi connectivity index (χ2n) is 4.47. The average Bonchev–Trinajstić information content (AvgIpc) is 2.81. The topological polar surface area (TPSA) is 105 Å². The third kappa shape index (κ3) is 3.57. The standard InChI is InChI=1S/C12H10Cl2N4O4S/c1-5(19)15-12-16-17(6(2)20)11(23-12)9-7(13)3-4-8(10(9)14)18(21)22/h3-4,11H,1-2H3,(H,15,16,19). The highest BCUT2D eigenvalue weighted by molar-refractivity contribution is 8.14. The molecule has 1 heterocycles. The van der Waals surface area contributed by atoms with Crippen molar-refractivity contribution in [3.05, 3.63) is 37.9 Å². The minimum absolute atomic E-state index is 0.156. The molecule has 23 heavy (non-hydrogen) atoms. The zero-order valence-corrected chi connectivity index (χ0v) is 14.2. The van der Waals surface area contributed by atoms with Gasteiger partial charge in [-0.05, 0) is 6.07 Å². The van der Waals surface area contributed by atoms with Crippen LogP contribution in [0.4, 0.5) is 5.69 Å². The number of hydrazone groups is 1. The van der Waals surface area contributed by atoms with Crippen LogP contribution in [-0.2, 0) is 9.59 Å². The van der Waals surface area contributed by atoms with Gasteiger partial charge in [-0.2, -0.15) is 0 Å². The smallest absolute Gasteiger partial charge is 0.288 e. The summed E-state index contributed by atoms with van der Waals surface area (Å²) in [6.07, 6.45) is 0. The highest BCUT2D eigenvalue weighted by atomic mass is 35.5. The summed E-state index contributed by atoms with van der Waals surface area (Å²) in [5.41, 5.74) is -0.144. The van der Waals surface area contributed by atoms with E-state index < -0.39 is 16.2 Å². The molecule has 0 spiro atoms. The van der Waals surface area contributed by atoms with Gasteiger partial charge < -0.3 is 5.32 Å². The lowest BCUT2D eigenvalue weighted by molar-refractivity contribution is -0.384. The molecule has 1 aliphatic heterocycles. The number of thioether (sulfide) groups is 1. The van der Waals surface area contributed by atoms with Gasteiger partial charge in [0.05, 0.1) is 4.92 Å². The molecule has 0 aromatic heterocycles. The molecule has 1 unspecified atom stereocenters.